The van der Waals surface area contributed by atoms with Gasteiger partial charge in [0, 0.05) is 0 Å². The minimum Gasteiger partial charge on any atom is -0.493 e. The average molecular weight is 238 g/mol. The first-order valence-electron chi connectivity index (χ1n) is 5.70. The van der Waals surface area contributed by atoms with Crippen LogP contribution in [0, 0.1) is 0 Å². The number of rotatable bonds is 6. The normalized spacial score (nSPS) is 10.4. The molecule has 0 atom stereocenters. The fourth-order valence-electron chi connectivity index (χ4n) is 1.59. The van der Waals surface area contributed by atoms with Crippen molar-refractivity contribution < 1.29 is 19.4 Å². The van der Waals surface area contributed by atoms with Crippen molar-refractivity contribution in [3.05, 3.63) is 23.8 Å². The molecule has 0 saturated carbocycles. The zero-order valence-electron chi connectivity index (χ0n) is 10.4. The molecule has 1 aromatic carbocycles. The van der Waals surface area contributed by atoms with E-state index in [1.807, 2.05) is 13.8 Å². The summed E-state index contributed by atoms with van der Waals surface area (Å²) in [6, 6.07) is 4.86. The molecular weight excluding hydrogens is 220 g/mol. The van der Waals surface area contributed by atoms with Crippen LogP contribution in [0.25, 0.3) is 0 Å². The van der Waals surface area contributed by atoms with Crippen molar-refractivity contribution >= 4 is 5.97 Å². The molecule has 0 bridgehead atoms. The van der Waals surface area contributed by atoms with Gasteiger partial charge in [0.1, 0.15) is 5.56 Å². The molecule has 4 heteroatoms. The van der Waals surface area contributed by atoms with Gasteiger partial charge in [-0.2, -0.15) is 0 Å². The van der Waals surface area contributed by atoms with Gasteiger partial charge < -0.3 is 14.6 Å². The Morgan fingerprint density at radius 3 is 2.47 bits per heavy atom. The molecule has 0 spiro atoms. The van der Waals surface area contributed by atoms with E-state index in [1.165, 1.54) is 13.2 Å². The molecule has 1 N–H and O–H groups in total. The Morgan fingerprint density at radius 1 is 1.35 bits per heavy atom. The predicted molar refractivity (Wildman–Crippen MR) is 65.0 cm³/mol. The number of para-hydroxylation sites is 1. The maximum Gasteiger partial charge on any atom is 0.339 e. The minimum atomic E-state index is -1.01. The monoisotopic (exact) mass is 238 g/mol. The number of benzene rings is 1. The van der Waals surface area contributed by atoms with Crippen molar-refractivity contribution in [3.63, 3.8) is 0 Å². The van der Waals surface area contributed by atoms with Gasteiger partial charge in [-0.1, -0.05) is 19.9 Å². The lowest BCUT2D eigenvalue weighted by atomic mass is 10.1. The molecule has 0 radical (unpaired) electrons. The number of aromatic carboxylic acids is 1. The molecule has 1 rings (SSSR count). The molecular formula is C13H18O4. The van der Waals surface area contributed by atoms with E-state index < -0.39 is 5.97 Å². The minimum absolute atomic E-state index is 0.00407. The van der Waals surface area contributed by atoms with Crippen molar-refractivity contribution in [2.75, 3.05) is 7.11 Å². The maximum atomic E-state index is 11.1. The second-order valence-electron chi connectivity index (χ2n) is 3.70. The van der Waals surface area contributed by atoms with Crippen LogP contribution in [-0.2, 0) is 0 Å². The first-order valence-corrected chi connectivity index (χ1v) is 5.70. The number of ether oxygens (including phenoxy) is 2. The van der Waals surface area contributed by atoms with E-state index in [9.17, 15) is 4.79 Å². The van der Waals surface area contributed by atoms with Crippen molar-refractivity contribution in [2.24, 2.45) is 0 Å². The van der Waals surface area contributed by atoms with Gasteiger partial charge in [-0.25, -0.2) is 4.79 Å². The summed E-state index contributed by atoms with van der Waals surface area (Å²) >= 11 is 0. The van der Waals surface area contributed by atoms with Gasteiger partial charge in [0.15, 0.2) is 11.5 Å². The summed E-state index contributed by atoms with van der Waals surface area (Å²) in [6.07, 6.45) is 1.66. The highest BCUT2D eigenvalue weighted by atomic mass is 16.5. The molecule has 94 valence electrons. The van der Waals surface area contributed by atoms with Crippen LogP contribution in [0.3, 0.4) is 0 Å². The van der Waals surface area contributed by atoms with E-state index >= 15 is 0 Å². The number of hydrogen-bond acceptors (Lipinski definition) is 3. The lowest BCUT2D eigenvalue weighted by Gasteiger charge is -2.19. The zero-order valence-corrected chi connectivity index (χ0v) is 10.4. The number of carboxylic acids is 1. The Kier molecular flexibility index (Phi) is 4.82. The lowest BCUT2D eigenvalue weighted by molar-refractivity contribution is 0.0687. The van der Waals surface area contributed by atoms with Crippen molar-refractivity contribution in [1.82, 2.24) is 0 Å². The van der Waals surface area contributed by atoms with Crippen molar-refractivity contribution in [3.8, 4) is 11.5 Å². The molecule has 0 unspecified atom stereocenters. The second-order valence-corrected chi connectivity index (χ2v) is 3.70. The molecule has 0 aliphatic heterocycles. The largest absolute Gasteiger partial charge is 0.493 e. The first kappa shape index (κ1) is 13.4. The van der Waals surface area contributed by atoms with Crippen molar-refractivity contribution in [1.29, 1.82) is 0 Å². The third kappa shape index (κ3) is 3.12. The molecule has 0 heterocycles. The summed E-state index contributed by atoms with van der Waals surface area (Å²) < 4.78 is 10.9. The maximum absolute atomic E-state index is 11.1. The standard InChI is InChI=1S/C13H18O4/c1-4-9(5-2)17-12-10(13(14)15)7-6-8-11(12)16-3/h6-9H,4-5H2,1-3H3,(H,14,15). The average Bonchev–Trinajstić information content (AvgIpc) is 2.35. The van der Waals surface area contributed by atoms with E-state index in [0.717, 1.165) is 12.8 Å². The molecule has 0 saturated heterocycles. The van der Waals surface area contributed by atoms with E-state index in [0.29, 0.717) is 11.5 Å². The molecule has 1 aromatic rings. The summed E-state index contributed by atoms with van der Waals surface area (Å²) in [7, 11) is 1.50. The van der Waals surface area contributed by atoms with E-state index in [-0.39, 0.29) is 11.7 Å². The topological polar surface area (TPSA) is 55.8 Å². The molecule has 17 heavy (non-hydrogen) atoms. The molecule has 0 aliphatic rings. The summed E-state index contributed by atoms with van der Waals surface area (Å²) in [5.74, 6) is -0.238. The Hall–Kier alpha value is -1.71. The van der Waals surface area contributed by atoms with Crippen LogP contribution in [-0.4, -0.2) is 24.3 Å². The van der Waals surface area contributed by atoms with Crippen LogP contribution in [0.2, 0.25) is 0 Å². The van der Waals surface area contributed by atoms with Crippen LogP contribution in [0.15, 0.2) is 18.2 Å². The summed E-state index contributed by atoms with van der Waals surface area (Å²) in [5.41, 5.74) is 0.135. The number of hydrogen-bond donors (Lipinski definition) is 1. The fraction of sp³-hybridized carbons (Fsp3) is 0.462. The predicted octanol–water partition coefficient (Wildman–Crippen LogP) is 2.96. The van der Waals surface area contributed by atoms with Gasteiger partial charge in [0.25, 0.3) is 0 Å². The smallest absolute Gasteiger partial charge is 0.339 e. The van der Waals surface area contributed by atoms with Crippen LogP contribution in [0.1, 0.15) is 37.0 Å². The molecule has 0 aromatic heterocycles. The van der Waals surface area contributed by atoms with Crippen molar-refractivity contribution in [2.45, 2.75) is 32.8 Å². The Balaban J connectivity index is 3.12. The van der Waals surface area contributed by atoms with Crippen LogP contribution >= 0.6 is 0 Å². The molecule has 4 nitrogen and oxygen atoms in total. The van der Waals surface area contributed by atoms with Gasteiger partial charge in [-0.05, 0) is 25.0 Å². The van der Waals surface area contributed by atoms with Gasteiger partial charge in [0.05, 0.1) is 13.2 Å². The lowest BCUT2D eigenvalue weighted by Crippen LogP contribution is -2.16. The van der Waals surface area contributed by atoms with Crippen LogP contribution in [0.5, 0.6) is 11.5 Å². The van der Waals surface area contributed by atoms with E-state index in [2.05, 4.69) is 0 Å². The Morgan fingerprint density at radius 2 is 2.00 bits per heavy atom. The third-order valence-electron chi connectivity index (χ3n) is 2.62. The van der Waals surface area contributed by atoms with Crippen LogP contribution < -0.4 is 9.47 Å². The second kappa shape index (κ2) is 6.13. The Bertz CT molecular complexity index is 383. The highest BCUT2D eigenvalue weighted by Crippen LogP contribution is 2.32. The zero-order chi connectivity index (χ0) is 12.8. The molecule has 0 aliphatic carbocycles. The van der Waals surface area contributed by atoms with Gasteiger partial charge in [0.2, 0.25) is 0 Å². The summed E-state index contributed by atoms with van der Waals surface area (Å²) in [4.78, 5) is 11.1. The first-order chi connectivity index (χ1) is 8.13. The Labute approximate surface area is 101 Å². The quantitative estimate of drug-likeness (QED) is 0.827. The van der Waals surface area contributed by atoms with Gasteiger partial charge >= 0.3 is 5.97 Å². The van der Waals surface area contributed by atoms with Gasteiger partial charge in [-0.15, -0.1) is 0 Å². The highest BCUT2D eigenvalue weighted by Gasteiger charge is 2.18. The molecule has 0 fully saturated rings. The number of carbonyl (C=O) groups is 1. The van der Waals surface area contributed by atoms with Gasteiger partial charge in [-0.3, -0.25) is 0 Å². The van der Waals surface area contributed by atoms with Crippen LogP contribution in [0.4, 0.5) is 0 Å². The summed E-state index contributed by atoms with van der Waals surface area (Å²) in [6.45, 7) is 4.01. The SMILES string of the molecule is CCC(CC)Oc1c(OC)cccc1C(=O)O. The summed E-state index contributed by atoms with van der Waals surface area (Å²) in [5, 5.41) is 9.11. The fourth-order valence-corrected chi connectivity index (χ4v) is 1.59. The molecule has 0 amide bonds. The number of carboxylic acid groups (broad SMARTS) is 1. The van der Waals surface area contributed by atoms with E-state index in [1.54, 1.807) is 12.1 Å². The third-order valence-corrected chi connectivity index (χ3v) is 2.62. The van der Waals surface area contributed by atoms with E-state index in [4.69, 9.17) is 14.6 Å². The highest BCUT2D eigenvalue weighted by molar-refractivity contribution is 5.92. The number of methoxy groups -OCH3 is 1.